The van der Waals surface area contributed by atoms with Crippen LogP contribution in [0.5, 0.6) is 0 Å². The Balaban J connectivity index is 1.62. The fourth-order valence-corrected chi connectivity index (χ4v) is 3.79. The summed E-state index contributed by atoms with van der Waals surface area (Å²) in [6.07, 6.45) is 4.07. The second-order valence-electron chi connectivity index (χ2n) is 5.34. The second-order valence-corrected chi connectivity index (χ2v) is 6.48. The molecule has 1 saturated carbocycles. The Kier molecular flexibility index (Phi) is 3.86. The lowest BCUT2D eigenvalue weighted by molar-refractivity contribution is 0.0871. The lowest BCUT2D eigenvalue weighted by atomic mass is 9.93. The van der Waals surface area contributed by atoms with Crippen LogP contribution in [0.25, 0.3) is 0 Å². The maximum absolute atomic E-state index is 12.2. The van der Waals surface area contributed by atoms with Crippen molar-refractivity contribution in [1.82, 2.24) is 5.32 Å². The highest BCUT2D eigenvalue weighted by Crippen LogP contribution is 2.27. The van der Waals surface area contributed by atoms with Gasteiger partial charge in [-0.3, -0.25) is 4.79 Å². The van der Waals surface area contributed by atoms with Crippen molar-refractivity contribution in [1.29, 1.82) is 0 Å². The van der Waals surface area contributed by atoms with E-state index >= 15 is 0 Å². The number of hydrogen-bond donors (Lipinski definition) is 2. The van der Waals surface area contributed by atoms with Gasteiger partial charge in [-0.25, -0.2) is 0 Å². The number of carbonyl (C=O) groups is 1. The van der Waals surface area contributed by atoms with E-state index in [1.165, 1.54) is 10.4 Å². The van der Waals surface area contributed by atoms with Crippen molar-refractivity contribution in [2.45, 2.75) is 50.9 Å². The third-order valence-corrected chi connectivity index (χ3v) is 5.12. The van der Waals surface area contributed by atoms with Crippen molar-refractivity contribution < 1.29 is 14.6 Å². The van der Waals surface area contributed by atoms with Crippen LogP contribution in [0.4, 0.5) is 0 Å². The topological polar surface area (TPSA) is 58.6 Å². The molecular formula is C14H19NO3S. The minimum absolute atomic E-state index is 0.0285. The van der Waals surface area contributed by atoms with Crippen molar-refractivity contribution in [2.24, 2.45) is 0 Å². The van der Waals surface area contributed by atoms with E-state index in [-0.39, 0.29) is 18.1 Å². The molecule has 0 atom stereocenters. The van der Waals surface area contributed by atoms with Crippen LogP contribution in [0.3, 0.4) is 0 Å². The van der Waals surface area contributed by atoms with Crippen LogP contribution in [0.2, 0.25) is 0 Å². The van der Waals surface area contributed by atoms with Gasteiger partial charge in [-0.1, -0.05) is 0 Å². The molecule has 1 amide bonds. The summed E-state index contributed by atoms with van der Waals surface area (Å²) in [6.45, 7) is 1.39. The normalized spacial score (nSPS) is 26.8. The Bertz CT molecular complexity index is 440. The minimum Gasteiger partial charge on any atom is -0.393 e. The zero-order valence-corrected chi connectivity index (χ0v) is 11.7. The Morgan fingerprint density at radius 2 is 2.16 bits per heavy atom. The molecule has 1 aliphatic carbocycles. The molecule has 0 bridgehead atoms. The van der Waals surface area contributed by atoms with E-state index in [1.807, 2.05) is 6.07 Å². The molecule has 2 N–H and O–H groups in total. The molecule has 1 aromatic rings. The Labute approximate surface area is 116 Å². The second kappa shape index (κ2) is 5.61. The van der Waals surface area contributed by atoms with Crippen LogP contribution < -0.4 is 5.32 Å². The lowest BCUT2D eigenvalue weighted by Gasteiger charge is -2.25. The third kappa shape index (κ3) is 2.99. The highest BCUT2D eigenvalue weighted by Gasteiger charge is 2.23. The standard InChI is InChI=1S/C14H19NO3S/c16-11-3-1-10(2-4-11)15-14(17)13-7-9-8-18-6-5-12(9)19-13/h7,10-11,16H,1-6,8H2,(H,15,17). The number of ether oxygens (including phenoxy) is 1. The molecule has 19 heavy (non-hydrogen) atoms. The molecule has 3 rings (SSSR count). The van der Waals surface area contributed by atoms with Gasteiger partial charge in [0.05, 0.1) is 24.2 Å². The first-order chi connectivity index (χ1) is 9.22. The van der Waals surface area contributed by atoms with Gasteiger partial charge in [0.25, 0.3) is 5.91 Å². The van der Waals surface area contributed by atoms with E-state index in [0.717, 1.165) is 43.6 Å². The molecule has 2 heterocycles. The Morgan fingerprint density at radius 1 is 1.37 bits per heavy atom. The van der Waals surface area contributed by atoms with Crippen molar-refractivity contribution in [3.05, 3.63) is 21.4 Å². The predicted molar refractivity (Wildman–Crippen MR) is 73.4 cm³/mol. The quantitative estimate of drug-likeness (QED) is 0.870. The Morgan fingerprint density at radius 3 is 2.89 bits per heavy atom. The van der Waals surface area contributed by atoms with Crippen LogP contribution in [0.1, 0.15) is 45.8 Å². The summed E-state index contributed by atoms with van der Waals surface area (Å²) in [5.41, 5.74) is 1.17. The van der Waals surface area contributed by atoms with Gasteiger partial charge in [0.2, 0.25) is 0 Å². The molecule has 104 valence electrons. The summed E-state index contributed by atoms with van der Waals surface area (Å²) in [7, 11) is 0. The SMILES string of the molecule is O=C(NC1CCC(O)CC1)c1cc2c(s1)CCOC2. The number of thiophene rings is 1. The van der Waals surface area contributed by atoms with Gasteiger partial charge in [-0.05, 0) is 37.3 Å². The molecule has 0 saturated heterocycles. The molecule has 1 aromatic heterocycles. The predicted octanol–water partition coefficient (Wildman–Crippen LogP) is 1.85. The molecule has 1 aliphatic heterocycles. The number of hydrogen-bond acceptors (Lipinski definition) is 4. The van der Waals surface area contributed by atoms with Gasteiger partial charge in [0.1, 0.15) is 0 Å². The summed E-state index contributed by atoms with van der Waals surface area (Å²) in [5, 5.41) is 12.5. The fourth-order valence-electron chi connectivity index (χ4n) is 2.74. The van der Waals surface area contributed by atoms with Gasteiger partial charge >= 0.3 is 0 Å². The molecule has 5 heteroatoms. The summed E-state index contributed by atoms with van der Waals surface area (Å²) in [6, 6.07) is 2.18. The molecule has 0 spiro atoms. The zero-order chi connectivity index (χ0) is 13.2. The Hall–Kier alpha value is -0.910. The molecule has 0 radical (unpaired) electrons. The van der Waals surface area contributed by atoms with E-state index in [1.54, 1.807) is 11.3 Å². The molecule has 1 fully saturated rings. The number of rotatable bonds is 2. The van der Waals surface area contributed by atoms with E-state index in [4.69, 9.17) is 4.74 Å². The van der Waals surface area contributed by atoms with Gasteiger partial charge in [0, 0.05) is 17.3 Å². The number of amides is 1. The first-order valence-corrected chi connectivity index (χ1v) is 7.72. The van der Waals surface area contributed by atoms with E-state index < -0.39 is 0 Å². The van der Waals surface area contributed by atoms with Crippen LogP contribution in [-0.4, -0.2) is 29.8 Å². The molecule has 0 unspecified atom stereocenters. The average Bonchev–Trinajstić information content (AvgIpc) is 2.85. The van der Waals surface area contributed by atoms with Crippen molar-refractivity contribution in [2.75, 3.05) is 6.61 Å². The monoisotopic (exact) mass is 281 g/mol. The number of carbonyl (C=O) groups excluding carboxylic acids is 1. The number of fused-ring (bicyclic) bond motifs is 1. The summed E-state index contributed by atoms with van der Waals surface area (Å²) < 4.78 is 5.40. The van der Waals surface area contributed by atoms with E-state index in [0.29, 0.717) is 6.61 Å². The minimum atomic E-state index is -0.181. The number of aliphatic hydroxyl groups excluding tert-OH is 1. The van der Waals surface area contributed by atoms with Crippen molar-refractivity contribution >= 4 is 17.2 Å². The van der Waals surface area contributed by atoms with Gasteiger partial charge in [0.15, 0.2) is 0 Å². The fraction of sp³-hybridized carbons (Fsp3) is 0.643. The maximum atomic E-state index is 12.2. The number of aliphatic hydroxyl groups is 1. The first-order valence-electron chi connectivity index (χ1n) is 6.90. The highest BCUT2D eigenvalue weighted by molar-refractivity contribution is 7.14. The van der Waals surface area contributed by atoms with Crippen LogP contribution in [0.15, 0.2) is 6.07 Å². The van der Waals surface area contributed by atoms with Gasteiger partial charge in [-0.2, -0.15) is 0 Å². The van der Waals surface area contributed by atoms with Gasteiger partial charge in [-0.15, -0.1) is 11.3 Å². The van der Waals surface area contributed by atoms with E-state index in [2.05, 4.69) is 5.32 Å². The lowest BCUT2D eigenvalue weighted by Crippen LogP contribution is -2.38. The van der Waals surface area contributed by atoms with Crippen LogP contribution in [-0.2, 0) is 17.8 Å². The van der Waals surface area contributed by atoms with Crippen molar-refractivity contribution in [3.63, 3.8) is 0 Å². The summed E-state index contributed by atoms with van der Waals surface area (Å²) in [4.78, 5) is 14.3. The van der Waals surface area contributed by atoms with Crippen LogP contribution >= 0.6 is 11.3 Å². The number of nitrogens with one attached hydrogen (secondary N) is 1. The maximum Gasteiger partial charge on any atom is 0.261 e. The average molecular weight is 281 g/mol. The van der Waals surface area contributed by atoms with Gasteiger partial charge < -0.3 is 15.2 Å². The molecule has 2 aliphatic rings. The molecule has 4 nitrogen and oxygen atoms in total. The molecule has 0 aromatic carbocycles. The van der Waals surface area contributed by atoms with Crippen molar-refractivity contribution in [3.8, 4) is 0 Å². The third-order valence-electron chi connectivity index (χ3n) is 3.88. The van der Waals surface area contributed by atoms with E-state index in [9.17, 15) is 9.90 Å². The summed E-state index contributed by atoms with van der Waals surface area (Å²) in [5.74, 6) is 0.0285. The molecular weight excluding hydrogens is 262 g/mol. The highest BCUT2D eigenvalue weighted by atomic mass is 32.1. The largest absolute Gasteiger partial charge is 0.393 e. The smallest absolute Gasteiger partial charge is 0.261 e. The van der Waals surface area contributed by atoms with Crippen LogP contribution in [0, 0.1) is 0 Å². The zero-order valence-electron chi connectivity index (χ0n) is 10.9. The summed E-state index contributed by atoms with van der Waals surface area (Å²) >= 11 is 1.59. The first kappa shape index (κ1) is 13.1.